The van der Waals surface area contributed by atoms with Gasteiger partial charge in [-0.3, -0.25) is 9.59 Å². The Bertz CT molecular complexity index is 555. The van der Waals surface area contributed by atoms with Crippen molar-refractivity contribution < 1.29 is 9.59 Å². The summed E-state index contributed by atoms with van der Waals surface area (Å²) in [5.74, 6) is -0.356. The summed E-state index contributed by atoms with van der Waals surface area (Å²) >= 11 is 0. The van der Waals surface area contributed by atoms with Crippen molar-refractivity contribution in [1.29, 1.82) is 5.26 Å². The predicted octanol–water partition coefficient (Wildman–Crippen LogP) is 2.55. The zero-order valence-corrected chi connectivity index (χ0v) is 12.0. The van der Waals surface area contributed by atoms with Gasteiger partial charge in [0.25, 0.3) is 5.91 Å². The quantitative estimate of drug-likeness (QED) is 0.927. The largest absolute Gasteiger partial charge is 0.339 e. The lowest BCUT2D eigenvalue weighted by Gasteiger charge is -2.20. The molecule has 1 aliphatic heterocycles. The molecule has 0 bridgehead atoms. The molecule has 21 heavy (non-hydrogen) atoms. The van der Waals surface area contributed by atoms with Crippen LogP contribution in [0.2, 0.25) is 0 Å². The minimum absolute atomic E-state index is 0.00767. The maximum atomic E-state index is 12.5. The third-order valence-corrected chi connectivity index (χ3v) is 3.53. The van der Waals surface area contributed by atoms with Gasteiger partial charge in [-0.05, 0) is 31.0 Å². The maximum absolute atomic E-state index is 12.5. The number of anilines is 1. The third-order valence-electron chi connectivity index (χ3n) is 3.53. The summed E-state index contributed by atoms with van der Waals surface area (Å²) < 4.78 is 0. The van der Waals surface area contributed by atoms with Crippen molar-refractivity contribution in [3.8, 4) is 6.07 Å². The molecule has 1 fully saturated rings. The lowest BCUT2D eigenvalue weighted by molar-refractivity contribution is -0.115. The molecule has 1 saturated heterocycles. The van der Waals surface area contributed by atoms with Gasteiger partial charge < -0.3 is 10.2 Å². The second-order valence-corrected chi connectivity index (χ2v) is 5.17. The van der Waals surface area contributed by atoms with Crippen LogP contribution in [-0.2, 0) is 4.79 Å². The van der Waals surface area contributed by atoms with E-state index in [1.165, 1.54) is 12.8 Å². The Morgan fingerprint density at radius 1 is 1.19 bits per heavy atom. The van der Waals surface area contributed by atoms with Crippen molar-refractivity contribution in [2.24, 2.45) is 0 Å². The number of nitriles is 1. The number of nitrogens with one attached hydrogen (secondary N) is 1. The molecule has 1 aromatic rings. The number of hydrogen-bond acceptors (Lipinski definition) is 3. The number of benzene rings is 1. The van der Waals surface area contributed by atoms with E-state index in [0.29, 0.717) is 11.3 Å². The maximum Gasteiger partial charge on any atom is 0.253 e. The van der Waals surface area contributed by atoms with Gasteiger partial charge in [0, 0.05) is 24.3 Å². The zero-order valence-electron chi connectivity index (χ0n) is 12.0. The Morgan fingerprint density at radius 3 is 2.57 bits per heavy atom. The Labute approximate surface area is 124 Å². The van der Waals surface area contributed by atoms with Gasteiger partial charge in [-0.2, -0.15) is 5.26 Å². The Hall–Kier alpha value is -2.35. The van der Waals surface area contributed by atoms with Crippen LogP contribution >= 0.6 is 0 Å². The first-order valence-corrected chi connectivity index (χ1v) is 7.27. The van der Waals surface area contributed by atoms with Crippen molar-refractivity contribution in [2.75, 3.05) is 18.4 Å². The highest BCUT2D eigenvalue weighted by molar-refractivity contribution is 5.97. The lowest BCUT2D eigenvalue weighted by Crippen LogP contribution is -2.31. The number of carbonyl (C=O) groups is 2. The molecule has 5 nitrogen and oxygen atoms in total. The summed E-state index contributed by atoms with van der Waals surface area (Å²) in [4.78, 5) is 25.8. The van der Waals surface area contributed by atoms with Gasteiger partial charge in [0.2, 0.25) is 5.91 Å². The molecule has 0 radical (unpaired) electrons. The monoisotopic (exact) mass is 285 g/mol. The molecule has 110 valence electrons. The number of hydrogen-bond donors (Lipinski definition) is 1. The van der Waals surface area contributed by atoms with Crippen molar-refractivity contribution in [3.63, 3.8) is 0 Å². The minimum Gasteiger partial charge on any atom is -0.339 e. The lowest BCUT2D eigenvalue weighted by atomic mass is 10.1. The highest BCUT2D eigenvalue weighted by Crippen LogP contribution is 2.16. The summed E-state index contributed by atoms with van der Waals surface area (Å²) in [5.41, 5.74) is 1.13. The van der Waals surface area contributed by atoms with E-state index in [-0.39, 0.29) is 18.2 Å². The van der Waals surface area contributed by atoms with Crippen molar-refractivity contribution >= 4 is 17.5 Å². The average Bonchev–Trinajstić information content (AvgIpc) is 2.76. The fourth-order valence-corrected chi connectivity index (χ4v) is 2.46. The van der Waals surface area contributed by atoms with Gasteiger partial charge in [0.1, 0.15) is 6.42 Å². The molecule has 0 atom stereocenters. The van der Waals surface area contributed by atoms with Crippen LogP contribution in [0.1, 0.15) is 42.5 Å². The molecule has 0 unspecified atom stereocenters. The minimum atomic E-state index is -0.364. The summed E-state index contributed by atoms with van der Waals surface area (Å²) in [6, 6.07) is 8.68. The zero-order chi connectivity index (χ0) is 15.1. The first-order valence-electron chi connectivity index (χ1n) is 7.27. The van der Waals surface area contributed by atoms with Gasteiger partial charge in [-0.25, -0.2) is 0 Å². The van der Waals surface area contributed by atoms with E-state index in [2.05, 4.69) is 5.32 Å². The summed E-state index contributed by atoms with van der Waals surface area (Å²) in [7, 11) is 0. The van der Waals surface area contributed by atoms with E-state index < -0.39 is 0 Å². The second-order valence-electron chi connectivity index (χ2n) is 5.17. The average molecular weight is 285 g/mol. The molecular formula is C16H19N3O2. The first-order chi connectivity index (χ1) is 10.2. The molecule has 0 aliphatic carbocycles. The molecule has 0 aromatic heterocycles. The van der Waals surface area contributed by atoms with Crippen LogP contribution in [-0.4, -0.2) is 29.8 Å². The second kappa shape index (κ2) is 7.44. The summed E-state index contributed by atoms with van der Waals surface area (Å²) in [6.45, 7) is 1.59. The smallest absolute Gasteiger partial charge is 0.253 e. The van der Waals surface area contributed by atoms with E-state index in [1.807, 2.05) is 4.90 Å². The predicted molar refractivity (Wildman–Crippen MR) is 79.7 cm³/mol. The van der Waals surface area contributed by atoms with Gasteiger partial charge >= 0.3 is 0 Å². The molecule has 0 saturated carbocycles. The molecule has 1 N–H and O–H groups in total. The Kier molecular flexibility index (Phi) is 5.33. The Balaban J connectivity index is 2.07. The summed E-state index contributed by atoms with van der Waals surface area (Å²) in [5, 5.41) is 11.1. The standard InChI is InChI=1S/C16H19N3O2/c17-9-8-15(20)18-14-7-5-6-13(12-14)16(21)19-10-3-1-2-4-11-19/h5-7,12H,1-4,8,10-11H2,(H,18,20). The van der Waals surface area contributed by atoms with Crippen molar-refractivity contribution in [2.45, 2.75) is 32.1 Å². The Morgan fingerprint density at radius 2 is 1.90 bits per heavy atom. The fraction of sp³-hybridized carbons (Fsp3) is 0.438. The fourth-order valence-electron chi connectivity index (χ4n) is 2.46. The topological polar surface area (TPSA) is 73.2 Å². The van der Waals surface area contributed by atoms with E-state index in [4.69, 9.17) is 5.26 Å². The molecule has 2 amide bonds. The molecule has 0 spiro atoms. The van der Waals surface area contributed by atoms with Gasteiger partial charge in [-0.15, -0.1) is 0 Å². The van der Waals surface area contributed by atoms with Crippen LogP contribution in [0.25, 0.3) is 0 Å². The number of likely N-dealkylation sites (tertiary alicyclic amines) is 1. The van der Waals surface area contributed by atoms with Crippen molar-refractivity contribution in [1.82, 2.24) is 4.90 Å². The van der Waals surface area contributed by atoms with Crippen LogP contribution < -0.4 is 5.32 Å². The van der Waals surface area contributed by atoms with Crippen LogP contribution in [0, 0.1) is 11.3 Å². The van der Waals surface area contributed by atoms with E-state index in [9.17, 15) is 9.59 Å². The number of rotatable bonds is 3. The van der Waals surface area contributed by atoms with Crippen molar-refractivity contribution in [3.05, 3.63) is 29.8 Å². The van der Waals surface area contributed by atoms with Crippen LogP contribution in [0.3, 0.4) is 0 Å². The number of nitrogens with zero attached hydrogens (tertiary/aromatic N) is 2. The van der Waals surface area contributed by atoms with Gasteiger partial charge in [0.15, 0.2) is 0 Å². The molecule has 5 heteroatoms. The van der Waals surface area contributed by atoms with E-state index in [0.717, 1.165) is 25.9 Å². The highest BCUT2D eigenvalue weighted by Gasteiger charge is 2.17. The normalized spacial score (nSPS) is 14.9. The van der Waals surface area contributed by atoms with Crippen LogP contribution in [0.4, 0.5) is 5.69 Å². The van der Waals surface area contributed by atoms with E-state index in [1.54, 1.807) is 30.3 Å². The molecular weight excluding hydrogens is 266 g/mol. The number of carbonyl (C=O) groups excluding carboxylic acids is 2. The first kappa shape index (κ1) is 15.0. The molecule has 1 aliphatic rings. The SMILES string of the molecule is N#CCC(=O)Nc1cccc(C(=O)N2CCCCCC2)c1. The third kappa shape index (κ3) is 4.32. The van der Waals surface area contributed by atoms with Gasteiger partial charge in [-0.1, -0.05) is 18.9 Å². The molecule has 1 aromatic carbocycles. The van der Waals surface area contributed by atoms with Crippen LogP contribution in [0.5, 0.6) is 0 Å². The van der Waals surface area contributed by atoms with E-state index >= 15 is 0 Å². The van der Waals surface area contributed by atoms with Gasteiger partial charge in [0.05, 0.1) is 6.07 Å². The highest BCUT2D eigenvalue weighted by atomic mass is 16.2. The molecule has 1 heterocycles. The molecule has 2 rings (SSSR count). The number of amides is 2. The van der Waals surface area contributed by atoms with Crippen LogP contribution in [0.15, 0.2) is 24.3 Å². The summed E-state index contributed by atoms with van der Waals surface area (Å²) in [6.07, 6.45) is 4.25.